The molecule has 0 saturated heterocycles. The van der Waals surface area contributed by atoms with Crippen molar-refractivity contribution in [3.05, 3.63) is 47.6 Å². The molecule has 0 spiro atoms. The van der Waals surface area contributed by atoms with E-state index < -0.39 is 0 Å². The van der Waals surface area contributed by atoms with Gasteiger partial charge in [-0.05, 0) is 62.8 Å². The molecule has 0 N–H and O–H groups in total. The summed E-state index contributed by atoms with van der Waals surface area (Å²) in [7, 11) is 1.68. The van der Waals surface area contributed by atoms with Crippen LogP contribution >= 0.6 is 0 Å². The van der Waals surface area contributed by atoms with Gasteiger partial charge in [0.15, 0.2) is 0 Å². The summed E-state index contributed by atoms with van der Waals surface area (Å²) in [5.74, 6) is 7.63. The third-order valence-corrected chi connectivity index (χ3v) is 3.64. The first-order valence-electron chi connectivity index (χ1n) is 7.64. The van der Waals surface area contributed by atoms with Crippen molar-refractivity contribution in [2.75, 3.05) is 7.11 Å². The summed E-state index contributed by atoms with van der Waals surface area (Å²) in [5, 5.41) is 0. The van der Waals surface area contributed by atoms with Gasteiger partial charge < -0.3 is 4.74 Å². The van der Waals surface area contributed by atoms with Gasteiger partial charge in [0.2, 0.25) is 0 Å². The number of ether oxygens (including phenoxy) is 1. The lowest BCUT2D eigenvalue weighted by molar-refractivity contribution is 0.415. The maximum Gasteiger partial charge on any atom is 0.118 e. The molecule has 0 fully saturated rings. The topological polar surface area (TPSA) is 9.23 Å². The molecule has 110 valence electrons. The molecule has 0 atom stereocenters. The smallest absolute Gasteiger partial charge is 0.118 e. The van der Waals surface area contributed by atoms with Crippen molar-refractivity contribution < 1.29 is 4.74 Å². The second-order valence-electron chi connectivity index (χ2n) is 6.05. The first-order valence-corrected chi connectivity index (χ1v) is 7.64. The van der Waals surface area contributed by atoms with Crippen LogP contribution in [-0.2, 0) is 0 Å². The Hall–Kier alpha value is -1.94. The Bertz CT molecular complexity index is 577. The lowest BCUT2D eigenvalue weighted by atomic mass is 9.91. The number of rotatable bonds is 3. The summed E-state index contributed by atoms with van der Waals surface area (Å²) in [6, 6.07) is 8.07. The van der Waals surface area contributed by atoms with Crippen molar-refractivity contribution in [1.29, 1.82) is 0 Å². The molecule has 1 aromatic rings. The molecule has 1 aliphatic rings. The lowest BCUT2D eigenvalue weighted by Crippen LogP contribution is -2.03. The highest BCUT2D eigenvalue weighted by molar-refractivity contribution is 5.52. The van der Waals surface area contributed by atoms with E-state index in [1.165, 1.54) is 30.4 Å². The molecule has 0 radical (unpaired) electrons. The maximum absolute atomic E-state index is 5.17. The van der Waals surface area contributed by atoms with Gasteiger partial charge in [-0.2, -0.15) is 0 Å². The van der Waals surface area contributed by atoms with E-state index >= 15 is 0 Å². The molecule has 0 heterocycles. The van der Waals surface area contributed by atoms with E-state index in [4.69, 9.17) is 4.74 Å². The number of methoxy groups -OCH3 is 1. The van der Waals surface area contributed by atoms with Crippen LogP contribution in [0.1, 0.15) is 45.1 Å². The van der Waals surface area contributed by atoms with E-state index in [1.807, 2.05) is 12.1 Å². The van der Waals surface area contributed by atoms with E-state index in [2.05, 4.69) is 56.0 Å². The molecule has 0 amide bonds. The molecule has 1 aromatic carbocycles. The van der Waals surface area contributed by atoms with Crippen LogP contribution in [0.4, 0.5) is 0 Å². The molecule has 0 aliphatic heterocycles. The molecule has 1 heteroatoms. The summed E-state index contributed by atoms with van der Waals surface area (Å²) < 4.78 is 5.17. The third-order valence-electron chi connectivity index (χ3n) is 3.64. The van der Waals surface area contributed by atoms with Crippen molar-refractivity contribution in [3.8, 4) is 17.6 Å². The number of benzene rings is 1. The molecule has 0 aromatic heterocycles. The first kappa shape index (κ1) is 15.4. The zero-order valence-electron chi connectivity index (χ0n) is 13.3. The highest BCUT2D eigenvalue weighted by Crippen LogP contribution is 2.21. The van der Waals surface area contributed by atoms with Gasteiger partial charge in [-0.3, -0.25) is 0 Å². The van der Waals surface area contributed by atoms with Gasteiger partial charge >= 0.3 is 0 Å². The zero-order valence-corrected chi connectivity index (χ0v) is 13.3. The molecule has 0 saturated carbocycles. The average Bonchev–Trinajstić information content (AvgIpc) is 2.53. The van der Waals surface area contributed by atoms with Gasteiger partial charge in [0.25, 0.3) is 0 Å². The van der Waals surface area contributed by atoms with Crippen molar-refractivity contribution in [3.63, 3.8) is 0 Å². The summed E-state index contributed by atoms with van der Waals surface area (Å²) in [6.45, 7) is 4.31. The van der Waals surface area contributed by atoms with Crippen LogP contribution in [0.3, 0.4) is 0 Å². The first-order chi connectivity index (χ1) is 10.1. The summed E-state index contributed by atoms with van der Waals surface area (Å²) in [5.41, 5.74) is 2.37. The Morgan fingerprint density at radius 1 is 1.14 bits per heavy atom. The highest BCUT2D eigenvalue weighted by Gasteiger charge is 2.09. The Kier molecular flexibility index (Phi) is 5.28. The fraction of sp³-hybridized carbons (Fsp3) is 0.400. The maximum atomic E-state index is 5.17. The van der Waals surface area contributed by atoms with Crippen LogP contribution < -0.4 is 4.74 Å². The minimum absolute atomic E-state index is 0.113. The second kappa shape index (κ2) is 7.18. The van der Waals surface area contributed by atoms with Crippen molar-refractivity contribution in [2.24, 2.45) is 5.41 Å². The fourth-order valence-electron chi connectivity index (χ4n) is 2.25. The monoisotopic (exact) mass is 280 g/mol. The van der Waals surface area contributed by atoms with E-state index in [-0.39, 0.29) is 5.41 Å². The fourth-order valence-corrected chi connectivity index (χ4v) is 2.25. The summed E-state index contributed by atoms with van der Waals surface area (Å²) in [4.78, 5) is 0. The summed E-state index contributed by atoms with van der Waals surface area (Å²) in [6.07, 6.45) is 11.5. The van der Waals surface area contributed by atoms with Crippen molar-refractivity contribution in [2.45, 2.75) is 39.5 Å². The predicted octanol–water partition coefficient (Wildman–Crippen LogP) is 5.24. The molecule has 1 nitrogen and oxygen atoms in total. The normalized spacial score (nSPS) is 15.3. The van der Waals surface area contributed by atoms with E-state index in [9.17, 15) is 0 Å². The minimum atomic E-state index is -0.113. The van der Waals surface area contributed by atoms with Crippen LogP contribution in [-0.4, -0.2) is 7.11 Å². The molecule has 0 unspecified atom stereocenters. The standard InChI is InChI=1S/C20H24O/c1-20(2,15-13-17-7-5-4-6-8-17)16-14-18-9-11-19(21-3)12-10-18/h7,9-12,14,16H,4-6,8H2,1-3H3/b16-14+. The molecular weight excluding hydrogens is 256 g/mol. The molecule has 1 aliphatic carbocycles. The summed E-state index contributed by atoms with van der Waals surface area (Å²) >= 11 is 0. The third kappa shape index (κ3) is 5.16. The van der Waals surface area contributed by atoms with Gasteiger partial charge in [0.05, 0.1) is 7.11 Å². The average molecular weight is 280 g/mol. The highest BCUT2D eigenvalue weighted by atomic mass is 16.5. The van der Waals surface area contributed by atoms with Gasteiger partial charge in [0.1, 0.15) is 5.75 Å². The number of allylic oxidation sites excluding steroid dienone is 3. The second-order valence-corrected chi connectivity index (χ2v) is 6.05. The van der Waals surface area contributed by atoms with E-state index in [1.54, 1.807) is 7.11 Å². The number of hydrogen-bond donors (Lipinski definition) is 0. The van der Waals surface area contributed by atoms with Crippen LogP contribution in [0.15, 0.2) is 42.0 Å². The Labute approximate surface area is 128 Å². The van der Waals surface area contributed by atoms with Crippen molar-refractivity contribution in [1.82, 2.24) is 0 Å². The Morgan fingerprint density at radius 3 is 2.52 bits per heavy atom. The Morgan fingerprint density at radius 2 is 1.90 bits per heavy atom. The molecule has 2 rings (SSSR count). The van der Waals surface area contributed by atoms with E-state index in [0.717, 1.165) is 12.2 Å². The van der Waals surface area contributed by atoms with Crippen molar-refractivity contribution >= 4 is 6.08 Å². The SMILES string of the molecule is COc1ccc(/C=C/C(C)(C)C#CC2=CCCCC2)cc1. The van der Waals surface area contributed by atoms with Gasteiger partial charge in [-0.25, -0.2) is 0 Å². The Balaban J connectivity index is 2.03. The van der Waals surface area contributed by atoms with Crippen LogP contribution in [0.2, 0.25) is 0 Å². The van der Waals surface area contributed by atoms with Gasteiger partial charge in [-0.15, -0.1) is 0 Å². The number of hydrogen-bond acceptors (Lipinski definition) is 1. The lowest BCUT2D eigenvalue weighted by Gasteiger charge is -2.12. The van der Waals surface area contributed by atoms with Gasteiger partial charge in [0, 0.05) is 5.41 Å². The van der Waals surface area contributed by atoms with Crippen LogP contribution in [0.5, 0.6) is 5.75 Å². The zero-order chi connectivity index (χ0) is 15.1. The largest absolute Gasteiger partial charge is 0.497 e. The van der Waals surface area contributed by atoms with Crippen LogP contribution in [0, 0.1) is 17.3 Å². The predicted molar refractivity (Wildman–Crippen MR) is 90.1 cm³/mol. The van der Waals surface area contributed by atoms with E-state index in [0.29, 0.717) is 0 Å². The quantitative estimate of drug-likeness (QED) is 0.688. The van der Waals surface area contributed by atoms with Gasteiger partial charge in [-0.1, -0.05) is 42.2 Å². The molecular formula is C20H24O. The molecule has 0 bridgehead atoms. The minimum Gasteiger partial charge on any atom is -0.497 e. The molecule has 21 heavy (non-hydrogen) atoms. The van der Waals surface area contributed by atoms with Crippen LogP contribution in [0.25, 0.3) is 6.08 Å².